The van der Waals surface area contributed by atoms with Crippen LogP contribution in [0.15, 0.2) is 28.7 Å². The van der Waals surface area contributed by atoms with E-state index in [4.69, 9.17) is 18.6 Å². The highest BCUT2D eigenvalue weighted by Crippen LogP contribution is 2.35. The first-order chi connectivity index (χ1) is 12.0. The van der Waals surface area contributed by atoms with Crippen LogP contribution in [-0.2, 0) is 19.7 Å². The van der Waals surface area contributed by atoms with Crippen molar-refractivity contribution in [3.63, 3.8) is 0 Å². The number of fused-ring (bicyclic) bond motifs is 1. The molecule has 0 bridgehead atoms. The second kappa shape index (κ2) is 6.69. The van der Waals surface area contributed by atoms with E-state index < -0.39 is 23.0 Å². The summed E-state index contributed by atoms with van der Waals surface area (Å²) in [5, 5.41) is 3.87. The van der Waals surface area contributed by atoms with Crippen LogP contribution in [0.2, 0.25) is 0 Å². The number of carbonyl (C=O) groups is 1. The highest BCUT2D eigenvalue weighted by Gasteiger charge is 2.46. The van der Waals surface area contributed by atoms with Crippen LogP contribution >= 0.6 is 22.6 Å². The summed E-state index contributed by atoms with van der Waals surface area (Å²) in [6, 6.07) is 7.83. The first-order valence-corrected chi connectivity index (χ1v) is 9.55. The van der Waals surface area contributed by atoms with Crippen molar-refractivity contribution in [2.45, 2.75) is 51.5 Å². The molecule has 3 rings (SSSR count). The van der Waals surface area contributed by atoms with Gasteiger partial charge < -0.3 is 23.9 Å². The normalized spacial score (nSPS) is 19.3. The van der Waals surface area contributed by atoms with Crippen molar-refractivity contribution in [1.82, 2.24) is 5.32 Å². The molecule has 1 aliphatic rings. The number of hydrogen-bond acceptors (Lipinski definition) is 5. The third-order valence-corrected chi connectivity index (χ3v) is 4.69. The van der Waals surface area contributed by atoms with Crippen LogP contribution in [-0.4, -0.2) is 30.7 Å². The van der Waals surface area contributed by atoms with Gasteiger partial charge in [0, 0.05) is 8.96 Å². The fraction of sp³-hybridized carbons (Fsp3) is 0.526. The SMILES string of the molecule is CC(C)(C)OC(=O)NC1(c2cc3cc(I)ccc3o2)COC(C)(C)OC1. The van der Waals surface area contributed by atoms with Crippen LogP contribution in [0.4, 0.5) is 4.79 Å². The van der Waals surface area contributed by atoms with E-state index in [1.54, 1.807) is 0 Å². The molecule has 0 atom stereocenters. The lowest BCUT2D eigenvalue weighted by molar-refractivity contribution is -0.274. The lowest BCUT2D eigenvalue weighted by Gasteiger charge is -2.42. The fourth-order valence-electron chi connectivity index (χ4n) is 2.70. The fourth-order valence-corrected chi connectivity index (χ4v) is 3.22. The number of alkyl carbamates (subject to hydrolysis) is 1. The maximum atomic E-state index is 12.4. The molecule has 1 fully saturated rings. The van der Waals surface area contributed by atoms with Crippen molar-refractivity contribution >= 4 is 39.7 Å². The van der Waals surface area contributed by atoms with Crippen LogP contribution < -0.4 is 5.32 Å². The zero-order chi connectivity index (χ0) is 19.2. The minimum atomic E-state index is -0.956. The molecule has 6 nitrogen and oxygen atoms in total. The van der Waals surface area contributed by atoms with Crippen molar-refractivity contribution in [1.29, 1.82) is 0 Å². The van der Waals surface area contributed by atoms with E-state index in [9.17, 15) is 4.79 Å². The Bertz CT molecular complexity index is 811. The molecular weight excluding hydrogens is 449 g/mol. The zero-order valence-corrected chi connectivity index (χ0v) is 17.8. The van der Waals surface area contributed by atoms with Crippen molar-refractivity contribution in [3.8, 4) is 0 Å². The third kappa shape index (κ3) is 4.32. The smallest absolute Gasteiger partial charge is 0.408 e. The molecule has 0 aliphatic carbocycles. The Hall–Kier alpha value is -1.32. The van der Waals surface area contributed by atoms with Crippen LogP contribution in [0.3, 0.4) is 0 Å². The monoisotopic (exact) mass is 473 g/mol. The Kier molecular flexibility index (Phi) is 5.00. The molecule has 26 heavy (non-hydrogen) atoms. The standard InChI is InChI=1S/C19H24INO5/c1-17(2,3)26-16(22)21-19(10-23-18(4,5)24-11-19)15-9-12-8-13(20)6-7-14(12)25-15/h6-9H,10-11H2,1-5H3,(H,21,22). The van der Waals surface area contributed by atoms with Crippen LogP contribution in [0.5, 0.6) is 0 Å². The van der Waals surface area contributed by atoms with Gasteiger partial charge in [-0.25, -0.2) is 4.79 Å². The van der Waals surface area contributed by atoms with Gasteiger partial charge in [-0.1, -0.05) is 0 Å². The van der Waals surface area contributed by atoms with Gasteiger partial charge in [0.15, 0.2) is 5.79 Å². The molecule has 1 amide bonds. The quantitative estimate of drug-likeness (QED) is 0.649. The Morgan fingerprint density at radius 1 is 1.19 bits per heavy atom. The molecule has 0 unspecified atom stereocenters. The number of hydrogen-bond donors (Lipinski definition) is 1. The maximum absolute atomic E-state index is 12.4. The van der Waals surface area contributed by atoms with Gasteiger partial charge in [0.25, 0.3) is 0 Å². The Morgan fingerprint density at radius 3 is 2.46 bits per heavy atom. The number of carbonyl (C=O) groups excluding carboxylic acids is 1. The van der Waals surface area contributed by atoms with Gasteiger partial charge in [0.2, 0.25) is 0 Å². The minimum absolute atomic E-state index is 0.218. The summed E-state index contributed by atoms with van der Waals surface area (Å²) >= 11 is 2.25. The van der Waals surface area contributed by atoms with E-state index in [-0.39, 0.29) is 13.2 Å². The summed E-state index contributed by atoms with van der Waals surface area (Å²) in [4.78, 5) is 12.4. The Morgan fingerprint density at radius 2 is 1.85 bits per heavy atom. The lowest BCUT2D eigenvalue weighted by atomic mass is 9.96. The van der Waals surface area contributed by atoms with E-state index in [0.717, 1.165) is 14.5 Å². The number of rotatable bonds is 2. The maximum Gasteiger partial charge on any atom is 0.408 e. The Balaban J connectivity index is 1.95. The summed E-state index contributed by atoms with van der Waals surface area (Å²) in [6.45, 7) is 9.57. The molecule has 1 aliphatic heterocycles. The van der Waals surface area contributed by atoms with Crippen molar-refractivity contribution in [3.05, 3.63) is 33.6 Å². The number of ether oxygens (including phenoxy) is 3. The van der Waals surface area contributed by atoms with Gasteiger partial charge in [-0.05, 0) is 81.5 Å². The molecular formula is C19H24INO5. The van der Waals surface area contributed by atoms with E-state index in [1.165, 1.54) is 0 Å². The molecule has 142 valence electrons. The summed E-state index contributed by atoms with van der Waals surface area (Å²) in [7, 11) is 0. The third-order valence-electron chi connectivity index (χ3n) is 4.02. The second-order valence-corrected chi connectivity index (χ2v) is 9.22. The average molecular weight is 473 g/mol. The predicted molar refractivity (Wildman–Crippen MR) is 106 cm³/mol. The number of amides is 1. The molecule has 1 aromatic heterocycles. The first-order valence-electron chi connectivity index (χ1n) is 8.47. The molecule has 1 saturated heterocycles. The van der Waals surface area contributed by atoms with E-state index in [1.807, 2.05) is 58.9 Å². The topological polar surface area (TPSA) is 69.9 Å². The molecule has 2 heterocycles. The Labute approximate surface area is 166 Å². The van der Waals surface area contributed by atoms with Crippen LogP contribution in [0, 0.1) is 3.57 Å². The summed E-state index contributed by atoms with van der Waals surface area (Å²) in [5.41, 5.74) is -0.816. The number of furan rings is 1. The average Bonchev–Trinajstić information content (AvgIpc) is 2.91. The molecule has 0 radical (unpaired) electrons. The van der Waals surface area contributed by atoms with Crippen LogP contribution in [0.1, 0.15) is 40.4 Å². The molecule has 7 heteroatoms. The predicted octanol–water partition coefficient (Wildman–Crippen LogP) is 4.54. The number of benzene rings is 1. The molecule has 0 spiro atoms. The highest BCUT2D eigenvalue weighted by molar-refractivity contribution is 14.1. The molecule has 1 aromatic carbocycles. The molecule has 2 aromatic rings. The van der Waals surface area contributed by atoms with E-state index >= 15 is 0 Å². The van der Waals surface area contributed by atoms with Crippen molar-refractivity contribution in [2.75, 3.05) is 13.2 Å². The second-order valence-electron chi connectivity index (χ2n) is 7.98. The van der Waals surface area contributed by atoms with Crippen molar-refractivity contribution < 1.29 is 23.4 Å². The van der Waals surface area contributed by atoms with Gasteiger partial charge in [-0.15, -0.1) is 0 Å². The van der Waals surface area contributed by atoms with Gasteiger partial charge in [-0.3, -0.25) is 0 Å². The summed E-state index contributed by atoms with van der Waals surface area (Å²) in [5.74, 6) is -0.142. The van der Waals surface area contributed by atoms with Gasteiger partial charge in [-0.2, -0.15) is 0 Å². The van der Waals surface area contributed by atoms with E-state index in [0.29, 0.717) is 5.76 Å². The van der Waals surface area contributed by atoms with Crippen LogP contribution in [0.25, 0.3) is 11.0 Å². The van der Waals surface area contributed by atoms with Gasteiger partial charge >= 0.3 is 6.09 Å². The number of halogens is 1. The first kappa shape index (κ1) is 19.4. The van der Waals surface area contributed by atoms with Gasteiger partial charge in [0.1, 0.15) is 22.5 Å². The molecule has 0 saturated carbocycles. The summed E-state index contributed by atoms with van der Waals surface area (Å²) in [6.07, 6.45) is -0.542. The molecule has 1 N–H and O–H groups in total. The minimum Gasteiger partial charge on any atom is -0.458 e. The van der Waals surface area contributed by atoms with Crippen molar-refractivity contribution in [2.24, 2.45) is 0 Å². The summed E-state index contributed by atoms with van der Waals surface area (Å²) < 4.78 is 24.2. The van der Waals surface area contributed by atoms with E-state index in [2.05, 4.69) is 27.9 Å². The van der Waals surface area contributed by atoms with Gasteiger partial charge in [0.05, 0.1) is 13.2 Å². The zero-order valence-electron chi connectivity index (χ0n) is 15.6. The number of nitrogens with one attached hydrogen (secondary N) is 1. The highest BCUT2D eigenvalue weighted by atomic mass is 127. The largest absolute Gasteiger partial charge is 0.458 e. The lowest BCUT2D eigenvalue weighted by Crippen LogP contribution is -2.59.